The Balaban J connectivity index is 1.17. The van der Waals surface area contributed by atoms with E-state index in [4.69, 9.17) is 9.05 Å². The maximum atomic E-state index is 10.3. The van der Waals surface area contributed by atoms with Gasteiger partial charge in [0.15, 0.2) is 0 Å². The van der Waals surface area contributed by atoms with Gasteiger partial charge in [0.1, 0.15) is 0 Å². The van der Waals surface area contributed by atoms with Crippen molar-refractivity contribution in [1.82, 2.24) is 0 Å². The van der Waals surface area contributed by atoms with E-state index in [2.05, 4.69) is 98.7 Å². The number of unbranched alkanes of at least 4 members (excludes halogenated alkanes) is 32. The highest BCUT2D eigenvalue weighted by Gasteiger charge is 2.29. The predicted molar refractivity (Wildman–Crippen MR) is 338 cm³/mol. The van der Waals surface area contributed by atoms with Gasteiger partial charge in [-0.3, -0.25) is 0 Å². The van der Waals surface area contributed by atoms with E-state index in [9.17, 15) is 4.89 Å². The maximum Gasteiger partial charge on any atom is 0.329 e. The van der Waals surface area contributed by atoms with Crippen LogP contribution in [0.5, 0.6) is 0 Å². The van der Waals surface area contributed by atoms with Crippen LogP contribution in [-0.4, -0.2) is 18.1 Å². The van der Waals surface area contributed by atoms with Gasteiger partial charge in [0.2, 0.25) is 0 Å². The topological polar surface area (TPSA) is 38.7 Å². The van der Waals surface area contributed by atoms with Gasteiger partial charge in [0.05, 0.1) is 13.2 Å². The zero-order chi connectivity index (χ0) is 55.0. The molecule has 440 valence electrons. The smallest absolute Gasteiger partial charge is 0.328 e. The number of benzene rings is 2. The lowest BCUT2D eigenvalue weighted by Gasteiger charge is -2.35. The Morgan fingerprint density at radius 2 is 0.684 bits per heavy atom. The molecule has 2 atom stereocenters. The van der Waals surface area contributed by atoms with Crippen LogP contribution in [0.4, 0.5) is 0 Å². The first-order valence-electron chi connectivity index (χ1n) is 33.7. The first kappa shape index (κ1) is 69.0. The van der Waals surface area contributed by atoms with Gasteiger partial charge < -0.3 is 13.9 Å². The van der Waals surface area contributed by atoms with Crippen LogP contribution in [0.15, 0.2) is 36.4 Å². The van der Waals surface area contributed by atoms with Gasteiger partial charge in [-0.05, 0) is 116 Å². The van der Waals surface area contributed by atoms with Crippen LogP contribution < -0.4 is 0 Å². The quantitative estimate of drug-likeness (QED) is 0.0532. The summed E-state index contributed by atoms with van der Waals surface area (Å²) in [6.07, 6.45) is 61.0. The third kappa shape index (κ3) is 33.5. The number of hydrogen-bond donors (Lipinski definition) is 1. The number of rotatable bonds is 42. The normalized spacial score (nSPS) is 18.2. The van der Waals surface area contributed by atoms with Crippen molar-refractivity contribution in [3.05, 3.63) is 69.8 Å². The highest BCUT2D eigenvalue weighted by atomic mass is 31.2. The third-order valence-corrected chi connectivity index (χ3v) is 18.7. The fourth-order valence-corrected chi connectivity index (χ4v) is 14.1. The van der Waals surface area contributed by atoms with Crippen LogP contribution >= 0.6 is 8.60 Å². The molecule has 0 aliphatic carbocycles. The Morgan fingerprint density at radius 1 is 0.408 bits per heavy atom. The molecule has 2 aromatic rings. The molecule has 1 heterocycles. The minimum Gasteiger partial charge on any atom is -0.328 e. The monoisotopic (exact) mass is 1070 g/mol. The Hall–Kier alpha value is -1.25. The Bertz CT molecular complexity index is 1540. The predicted octanol–water partition coefficient (Wildman–Crippen LogP) is 24.2. The summed E-state index contributed by atoms with van der Waals surface area (Å²) < 4.78 is 11.5. The van der Waals surface area contributed by atoms with Gasteiger partial charge >= 0.3 is 8.60 Å². The van der Waals surface area contributed by atoms with Crippen molar-refractivity contribution in [3.8, 4) is 0 Å². The molecule has 1 aliphatic heterocycles. The second-order valence-electron chi connectivity index (χ2n) is 27.1. The highest BCUT2D eigenvalue weighted by Crippen LogP contribution is 2.41. The minimum absolute atomic E-state index is 0.240. The van der Waals surface area contributed by atoms with Gasteiger partial charge in [-0.1, -0.05) is 327 Å². The molecule has 4 heteroatoms. The van der Waals surface area contributed by atoms with Crippen LogP contribution in [0.3, 0.4) is 0 Å². The third-order valence-electron chi connectivity index (χ3n) is 17.9. The molecule has 2 unspecified atom stereocenters. The van der Waals surface area contributed by atoms with Gasteiger partial charge in [-0.15, -0.1) is 0 Å². The van der Waals surface area contributed by atoms with Crippen LogP contribution in [0.2, 0.25) is 0 Å². The Morgan fingerprint density at radius 3 is 0.961 bits per heavy atom. The lowest BCUT2D eigenvalue weighted by molar-refractivity contribution is 0.129. The summed E-state index contributed by atoms with van der Waals surface area (Å²) in [5, 5.41) is 0. The van der Waals surface area contributed by atoms with Crippen LogP contribution in [0.25, 0.3) is 0 Å². The second-order valence-corrected chi connectivity index (χ2v) is 28.1. The molecule has 1 N–H and O–H groups in total. The van der Waals surface area contributed by atoms with E-state index < -0.39 is 8.60 Å². The molecule has 2 aromatic carbocycles. The first-order chi connectivity index (χ1) is 36.8. The van der Waals surface area contributed by atoms with E-state index in [0.29, 0.717) is 13.2 Å². The van der Waals surface area contributed by atoms with E-state index in [1.807, 2.05) is 0 Å². The summed E-state index contributed by atoms with van der Waals surface area (Å²) in [6, 6.07) is 14.2. The largest absolute Gasteiger partial charge is 0.329 e. The molecule has 1 aliphatic rings. The van der Waals surface area contributed by atoms with Crippen LogP contribution in [-0.2, 0) is 32.7 Å². The lowest BCUT2D eigenvalue weighted by atomic mass is 9.71. The fourth-order valence-electron chi connectivity index (χ4n) is 13.4. The van der Waals surface area contributed by atoms with E-state index in [-0.39, 0.29) is 10.8 Å². The molecule has 0 saturated carbocycles. The average molecular weight is 1070 g/mol. The number of aryl methyl sites for hydroxylation is 4. The Kier molecular flexibility index (Phi) is 39.5. The molecule has 76 heavy (non-hydrogen) atoms. The second kappa shape index (κ2) is 43.5. The van der Waals surface area contributed by atoms with Gasteiger partial charge in [0.25, 0.3) is 0 Å². The Labute approximate surface area is 476 Å². The van der Waals surface area contributed by atoms with E-state index in [1.165, 1.54) is 281 Å². The molecule has 1 fully saturated rings. The van der Waals surface area contributed by atoms with Crippen molar-refractivity contribution in [2.45, 2.75) is 356 Å². The molecular weight excluding hydrogens is 944 g/mol. The molecule has 0 bridgehead atoms. The summed E-state index contributed by atoms with van der Waals surface area (Å²) >= 11 is 0. The first-order valence-corrected chi connectivity index (χ1v) is 34.9. The lowest BCUT2D eigenvalue weighted by Crippen LogP contribution is -2.25. The van der Waals surface area contributed by atoms with Crippen molar-refractivity contribution in [1.29, 1.82) is 0 Å². The van der Waals surface area contributed by atoms with Crippen molar-refractivity contribution in [2.24, 2.45) is 17.8 Å². The minimum atomic E-state index is -1.71. The van der Waals surface area contributed by atoms with Gasteiger partial charge in [0, 0.05) is 0 Å². The van der Waals surface area contributed by atoms with E-state index in [0.717, 1.165) is 30.6 Å². The maximum absolute atomic E-state index is 10.3. The number of hydrogen-bond acceptors (Lipinski definition) is 3. The summed E-state index contributed by atoms with van der Waals surface area (Å²) in [7, 11) is -1.71. The molecule has 3 rings (SSSR count). The average Bonchev–Trinajstić information content (AvgIpc) is 3.37. The zero-order valence-electron chi connectivity index (χ0n) is 52.4. The molecule has 0 amide bonds. The SMILES string of the molecule is CCCC1C(CCCCCCCCCCCCCCCCCCCc2cc(C)ccc2C(C)(C)C)CCCOP(O)OCCCC1CCCCCCCCCCCCCCCCCCCc1cc(C)ccc1C(C)(C)C. The molecular formula is C72H129O3P. The van der Waals surface area contributed by atoms with Crippen molar-refractivity contribution >= 4 is 8.60 Å². The summed E-state index contributed by atoms with van der Waals surface area (Å²) in [5.41, 5.74) is 9.54. The van der Waals surface area contributed by atoms with Gasteiger partial charge in [-0.2, -0.15) is 0 Å². The van der Waals surface area contributed by atoms with Gasteiger partial charge in [-0.25, -0.2) is 0 Å². The zero-order valence-corrected chi connectivity index (χ0v) is 53.3. The summed E-state index contributed by atoms with van der Waals surface area (Å²) in [5.74, 6) is 2.45. The molecule has 0 spiro atoms. The summed E-state index contributed by atoms with van der Waals surface area (Å²) in [6.45, 7) is 22.3. The highest BCUT2D eigenvalue weighted by molar-refractivity contribution is 7.40. The van der Waals surface area contributed by atoms with Crippen LogP contribution in [0.1, 0.15) is 352 Å². The van der Waals surface area contributed by atoms with Crippen molar-refractivity contribution < 1.29 is 13.9 Å². The van der Waals surface area contributed by atoms with E-state index >= 15 is 0 Å². The standard InChI is InChI=1S/C72H129O3P/c1-10-47-68-64(48-41-37-33-29-25-21-17-13-11-15-19-23-27-31-35-39-43-50-66-60-62(2)54-56-69(66)71(4,5)6)52-45-58-74-76(73)75-59-46-53-65(68)49-42-38-34-30-26-22-18-14-12-16-20-24-28-32-36-40-44-51-67-61-63(3)55-57-70(67)72(7,8)9/h54-57,60-61,64-65,68,73H,10-53,58-59H2,1-9H3. The molecule has 0 aromatic heterocycles. The fraction of sp³-hybridized carbons (Fsp3) is 0.833. The molecule has 0 radical (unpaired) electrons. The molecule has 1 saturated heterocycles. The van der Waals surface area contributed by atoms with Crippen molar-refractivity contribution in [3.63, 3.8) is 0 Å². The van der Waals surface area contributed by atoms with Crippen molar-refractivity contribution in [2.75, 3.05) is 13.2 Å². The van der Waals surface area contributed by atoms with Crippen LogP contribution in [0, 0.1) is 31.6 Å². The summed E-state index contributed by atoms with van der Waals surface area (Å²) in [4.78, 5) is 10.3. The van der Waals surface area contributed by atoms with E-state index in [1.54, 1.807) is 22.3 Å². The molecule has 3 nitrogen and oxygen atoms in total.